The molecule has 2 aromatic rings. The van der Waals surface area contributed by atoms with Crippen LogP contribution in [0.2, 0.25) is 0 Å². The van der Waals surface area contributed by atoms with Crippen molar-refractivity contribution >= 4 is 5.82 Å². The fraction of sp³-hybridized carbons (Fsp3) is 0.222. The van der Waals surface area contributed by atoms with Crippen molar-refractivity contribution < 1.29 is 13.2 Å². The number of nitrogens with zero attached hydrogens (tertiary/aromatic N) is 4. The summed E-state index contributed by atoms with van der Waals surface area (Å²) in [6.45, 7) is 0. The van der Waals surface area contributed by atoms with Gasteiger partial charge in [0.05, 0.1) is 12.4 Å². The molecule has 0 aliphatic carbocycles. The van der Waals surface area contributed by atoms with E-state index in [9.17, 15) is 13.2 Å². The molecule has 90 valence electrons. The van der Waals surface area contributed by atoms with Gasteiger partial charge in [-0.1, -0.05) is 0 Å². The maximum Gasteiger partial charge on any atom is 0.434 e. The highest BCUT2D eigenvalue weighted by Gasteiger charge is 2.34. The Balaban J connectivity index is 2.46. The molecule has 17 heavy (non-hydrogen) atoms. The van der Waals surface area contributed by atoms with Crippen molar-refractivity contribution in [2.75, 3.05) is 5.73 Å². The molecule has 2 rings (SSSR count). The summed E-state index contributed by atoms with van der Waals surface area (Å²) in [5.41, 5.74) is 4.61. The zero-order valence-corrected chi connectivity index (χ0v) is 8.73. The van der Waals surface area contributed by atoms with Gasteiger partial charge in [-0.3, -0.25) is 0 Å². The summed E-state index contributed by atoms with van der Waals surface area (Å²) in [4.78, 5) is 11.1. The first-order valence-electron chi connectivity index (χ1n) is 4.56. The molecule has 0 fully saturated rings. The zero-order valence-electron chi connectivity index (χ0n) is 8.73. The lowest BCUT2D eigenvalue weighted by Crippen LogP contribution is -2.05. The molecule has 0 spiro atoms. The minimum Gasteiger partial charge on any atom is -0.382 e. The van der Waals surface area contributed by atoms with Gasteiger partial charge in [0.25, 0.3) is 0 Å². The van der Waals surface area contributed by atoms with Gasteiger partial charge in [-0.2, -0.15) is 13.2 Å². The van der Waals surface area contributed by atoms with E-state index in [-0.39, 0.29) is 17.3 Å². The maximum atomic E-state index is 12.4. The van der Waals surface area contributed by atoms with Crippen LogP contribution in [-0.4, -0.2) is 19.5 Å². The summed E-state index contributed by atoms with van der Waals surface area (Å²) in [5.74, 6) is 0.281. The van der Waals surface area contributed by atoms with Crippen LogP contribution in [0.3, 0.4) is 0 Å². The Morgan fingerprint density at radius 1 is 1.24 bits per heavy atom. The van der Waals surface area contributed by atoms with Gasteiger partial charge < -0.3 is 10.3 Å². The van der Waals surface area contributed by atoms with E-state index in [0.29, 0.717) is 0 Å². The fourth-order valence-electron chi connectivity index (χ4n) is 1.29. The molecule has 0 aliphatic rings. The summed E-state index contributed by atoms with van der Waals surface area (Å²) >= 11 is 0. The molecule has 0 bridgehead atoms. The van der Waals surface area contributed by atoms with Gasteiger partial charge in [-0.05, 0) is 0 Å². The van der Waals surface area contributed by atoms with Crippen molar-refractivity contribution in [1.82, 2.24) is 19.5 Å². The lowest BCUT2D eigenvalue weighted by atomic mass is 10.4. The third-order valence-corrected chi connectivity index (χ3v) is 2.07. The molecule has 0 aliphatic heterocycles. The van der Waals surface area contributed by atoms with Crippen LogP contribution in [-0.2, 0) is 13.2 Å². The molecule has 8 heteroatoms. The van der Waals surface area contributed by atoms with E-state index in [1.165, 1.54) is 24.0 Å². The van der Waals surface area contributed by atoms with E-state index >= 15 is 0 Å². The first-order valence-corrected chi connectivity index (χ1v) is 4.56. The van der Waals surface area contributed by atoms with Gasteiger partial charge in [0.2, 0.25) is 0 Å². The second-order valence-corrected chi connectivity index (χ2v) is 3.38. The van der Waals surface area contributed by atoms with Crippen molar-refractivity contribution in [3.05, 3.63) is 24.3 Å². The minimum absolute atomic E-state index is 0.0878. The fourth-order valence-corrected chi connectivity index (χ4v) is 1.29. The Hall–Kier alpha value is -2.12. The van der Waals surface area contributed by atoms with Crippen molar-refractivity contribution in [2.45, 2.75) is 6.18 Å². The molecule has 2 N–H and O–H groups in total. The lowest BCUT2D eigenvalue weighted by molar-refractivity contribution is -0.140. The largest absolute Gasteiger partial charge is 0.434 e. The number of imidazole rings is 1. The molecule has 0 atom stereocenters. The number of halogens is 3. The molecule has 0 amide bonds. The second kappa shape index (κ2) is 3.72. The quantitative estimate of drug-likeness (QED) is 0.823. The number of nitrogen functional groups attached to an aromatic ring is 1. The number of hydrogen-bond donors (Lipinski definition) is 1. The van der Waals surface area contributed by atoms with E-state index < -0.39 is 11.9 Å². The van der Waals surface area contributed by atoms with E-state index in [2.05, 4.69) is 15.0 Å². The molecule has 2 aromatic heterocycles. The Morgan fingerprint density at radius 3 is 2.41 bits per heavy atom. The number of anilines is 1. The molecular formula is C9H8F3N5. The maximum absolute atomic E-state index is 12.4. The number of nitrogens with two attached hydrogens (primary N) is 1. The number of alkyl halides is 3. The highest BCUT2D eigenvalue weighted by Crippen LogP contribution is 2.29. The normalized spacial score (nSPS) is 11.8. The van der Waals surface area contributed by atoms with Crippen LogP contribution in [0.4, 0.5) is 19.0 Å². The van der Waals surface area contributed by atoms with Gasteiger partial charge >= 0.3 is 6.18 Å². The molecule has 0 saturated heterocycles. The molecule has 0 radical (unpaired) electrons. The Bertz CT molecular complexity index is 529. The number of hydrogen-bond acceptors (Lipinski definition) is 4. The van der Waals surface area contributed by atoms with E-state index in [4.69, 9.17) is 5.73 Å². The lowest BCUT2D eigenvalue weighted by Gasteiger charge is -2.00. The first kappa shape index (κ1) is 11.4. The van der Waals surface area contributed by atoms with Gasteiger partial charge in [-0.15, -0.1) is 0 Å². The van der Waals surface area contributed by atoms with Crippen LogP contribution >= 0.6 is 0 Å². The number of aryl methyl sites for hydroxylation is 1. The molecule has 0 aromatic carbocycles. The summed E-state index contributed by atoms with van der Waals surface area (Å²) in [6, 6.07) is 0. The standard InChI is InChI=1S/C9H8F3N5/c1-17-4-6(9(10,11)12)16-8(17)5-2-15-7(13)3-14-5/h2-4H,1H3,(H2,13,15). The Kier molecular flexibility index (Phi) is 2.49. The molecule has 0 saturated carbocycles. The molecule has 5 nitrogen and oxygen atoms in total. The zero-order chi connectivity index (χ0) is 12.6. The third-order valence-electron chi connectivity index (χ3n) is 2.07. The van der Waals surface area contributed by atoms with Crippen molar-refractivity contribution in [1.29, 1.82) is 0 Å². The van der Waals surface area contributed by atoms with E-state index in [1.807, 2.05) is 0 Å². The Labute approximate surface area is 94.1 Å². The van der Waals surface area contributed by atoms with E-state index in [0.717, 1.165) is 6.20 Å². The molecule has 0 unspecified atom stereocenters. The smallest absolute Gasteiger partial charge is 0.382 e. The highest BCUT2D eigenvalue weighted by atomic mass is 19.4. The van der Waals surface area contributed by atoms with Gasteiger partial charge in [0.1, 0.15) is 11.5 Å². The second-order valence-electron chi connectivity index (χ2n) is 3.38. The summed E-state index contributed by atoms with van der Waals surface area (Å²) in [7, 11) is 1.45. The highest BCUT2D eigenvalue weighted by molar-refractivity contribution is 5.50. The van der Waals surface area contributed by atoms with Crippen LogP contribution in [0.25, 0.3) is 11.5 Å². The van der Waals surface area contributed by atoms with Crippen molar-refractivity contribution in [2.24, 2.45) is 7.05 Å². The monoisotopic (exact) mass is 243 g/mol. The average Bonchev–Trinajstić information content (AvgIpc) is 2.61. The third kappa shape index (κ3) is 2.19. The molecule has 2 heterocycles. The summed E-state index contributed by atoms with van der Waals surface area (Å²) in [6.07, 6.45) is -1.04. The van der Waals surface area contributed by atoms with E-state index in [1.54, 1.807) is 0 Å². The van der Waals surface area contributed by atoms with Crippen LogP contribution in [0, 0.1) is 0 Å². The Morgan fingerprint density at radius 2 is 1.94 bits per heavy atom. The van der Waals surface area contributed by atoms with Gasteiger partial charge in [0, 0.05) is 13.2 Å². The predicted molar refractivity (Wildman–Crippen MR) is 53.6 cm³/mol. The topological polar surface area (TPSA) is 69.6 Å². The average molecular weight is 243 g/mol. The van der Waals surface area contributed by atoms with Crippen LogP contribution in [0.15, 0.2) is 18.6 Å². The van der Waals surface area contributed by atoms with Crippen LogP contribution in [0.5, 0.6) is 0 Å². The SMILES string of the molecule is Cn1cc(C(F)(F)F)nc1-c1cnc(N)cn1. The summed E-state index contributed by atoms with van der Waals surface area (Å²) in [5, 5.41) is 0. The summed E-state index contributed by atoms with van der Waals surface area (Å²) < 4.78 is 38.5. The molecular weight excluding hydrogens is 235 g/mol. The van der Waals surface area contributed by atoms with Crippen LogP contribution in [0.1, 0.15) is 5.69 Å². The minimum atomic E-state index is -4.47. The number of rotatable bonds is 1. The predicted octanol–water partition coefficient (Wildman–Crippen LogP) is 1.48. The van der Waals surface area contributed by atoms with Gasteiger partial charge in [-0.25, -0.2) is 15.0 Å². The van der Waals surface area contributed by atoms with Crippen LogP contribution < -0.4 is 5.73 Å². The van der Waals surface area contributed by atoms with Gasteiger partial charge in [0.15, 0.2) is 11.5 Å². The van der Waals surface area contributed by atoms with Crippen molar-refractivity contribution in [3.63, 3.8) is 0 Å². The number of aromatic nitrogens is 4. The first-order chi connectivity index (χ1) is 7.88. The van der Waals surface area contributed by atoms with Crippen molar-refractivity contribution in [3.8, 4) is 11.5 Å².